The Morgan fingerprint density at radius 1 is 0.744 bits per heavy atom. The van der Waals surface area contributed by atoms with E-state index in [9.17, 15) is 0 Å². The molecule has 5 heteroatoms. The van der Waals surface area contributed by atoms with Gasteiger partial charge >= 0.3 is 0 Å². The maximum atomic E-state index is 7.23. The van der Waals surface area contributed by atoms with Gasteiger partial charge in [0.15, 0.2) is 0 Å². The molecule has 189 valence electrons. The molecule has 1 radical (unpaired) electrons. The van der Waals surface area contributed by atoms with Gasteiger partial charge in [-0.1, -0.05) is 48.5 Å². The molecule has 4 aromatic heterocycles. The Morgan fingerprint density at radius 2 is 1.56 bits per heavy atom. The summed E-state index contributed by atoms with van der Waals surface area (Å²) in [6, 6.07) is 39.9. The fraction of sp³-hybridized carbons (Fsp3) is 0.0294. The number of rotatable bonds is 1. The van der Waals surface area contributed by atoms with Crippen LogP contribution in [-0.4, -0.2) is 19.4 Å². The second kappa shape index (κ2) is 10.4. The van der Waals surface area contributed by atoms with Gasteiger partial charge in [-0.25, -0.2) is 4.98 Å². The number of hydrogen-bond acceptors (Lipinski definition) is 3. The summed E-state index contributed by atoms with van der Waals surface area (Å²) in [6.07, 6.45) is 3.33. The molecule has 0 amide bonds. The topological polar surface area (TPSA) is 43.1 Å². The van der Waals surface area contributed by atoms with E-state index in [-0.39, 0.29) is 25.7 Å². The molecular weight excluding hydrogens is 657 g/mol. The molecule has 0 fully saturated rings. The maximum absolute atomic E-state index is 7.23. The van der Waals surface area contributed by atoms with E-state index in [0.29, 0.717) is 0 Å². The standard InChI is InChI=1S/C22H12N3.C12H10N.Ir/c1-2-8-15-14(7-1)13-23-21-16-9-3-5-11-18(16)25-19-12-6-4-10-17(19)24-22(25)20(15)21;1-10-7-8-12(13-9-10)11-5-3-2-4-6-11;/h1-8,10-13H;2-5,7-9H,1H3;/q2*-1;/i;1D3;. The number of para-hydroxylation sites is 2. The van der Waals surface area contributed by atoms with Crippen molar-refractivity contribution in [1.82, 2.24) is 19.4 Å². The Hall–Kier alpha value is -4.44. The minimum Gasteiger partial charge on any atom is -0.335 e. The van der Waals surface area contributed by atoms with Crippen molar-refractivity contribution in [3.8, 4) is 11.3 Å². The number of aryl methyl sites for hydroxylation is 1. The van der Waals surface area contributed by atoms with Crippen molar-refractivity contribution in [2.45, 2.75) is 6.85 Å². The number of imidazole rings is 1. The van der Waals surface area contributed by atoms with Gasteiger partial charge in [-0.3, -0.25) is 0 Å². The number of nitrogens with zero attached hydrogens (tertiary/aromatic N) is 4. The van der Waals surface area contributed by atoms with Gasteiger partial charge in [0.05, 0.1) is 11.0 Å². The third-order valence-electron chi connectivity index (χ3n) is 6.64. The summed E-state index contributed by atoms with van der Waals surface area (Å²) in [7, 11) is 0. The predicted molar refractivity (Wildman–Crippen MR) is 155 cm³/mol. The summed E-state index contributed by atoms with van der Waals surface area (Å²) >= 11 is 0. The number of aromatic nitrogens is 4. The smallest absolute Gasteiger partial charge is 0.130 e. The molecule has 0 unspecified atom stereocenters. The quantitative estimate of drug-likeness (QED) is 0.130. The molecule has 0 saturated carbocycles. The summed E-state index contributed by atoms with van der Waals surface area (Å²) in [5.74, 6) is 0. The van der Waals surface area contributed by atoms with E-state index in [0.717, 1.165) is 55.1 Å². The summed E-state index contributed by atoms with van der Waals surface area (Å²) in [4.78, 5) is 13.9. The first-order valence-electron chi connectivity index (χ1n) is 13.8. The summed E-state index contributed by atoms with van der Waals surface area (Å²) in [6.45, 7) is -2.09. The summed E-state index contributed by atoms with van der Waals surface area (Å²) in [5, 5.41) is 4.41. The Bertz CT molecular complexity index is 2190. The van der Waals surface area contributed by atoms with Gasteiger partial charge in [-0.05, 0) is 46.5 Å². The van der Waals surface area contributed by atoms with Crippen LogP contribution in [-0.2, 0) is 20.1 Å². The molecular formula is C34H22IrN4-2. The number of fused-ring (bicyclic) bond motifs is 10. The molecule has 0 aliphatic heterocycles. The van der Waals surface area contributed by atoms with Gasteiger partial charge in [-0.15, -0.1) is 65.5 Å². The zero-order valence-corrected chi connectivity index (χ0v) is 23.0. The van der Waals surface area contributed by atoms with Crippen molar-refractivity contribution >= 4 is 49.3 Å². The first kappa shape index (κ1) is 21.5. The van der Waals surface area contributed by atoms with Crippen molar-refractivity contribution < 1.29 is 24.2 Å². The number of hydrogen-bond donors (Lipinski definition) is 0. The van der Waals surface area contributed by atoms with E-state index in [4.69, 9.17) is 14.1 Å². The minimum atomic E-state index is -2.09. The SMILES string of the molecule is [2H]C([2H])([2H])c1ccc(-c2[c-]cccc2)nc1.[Ir].[c-]1cccc2c1c1ncc3ccccc3c1c1nc3ccccc3n21. The predicted octanol–water partition coefficient (Wildman–Crippen LogP) is 8.00. The first-order valence-corrected chi connectivity index (χ1v) is 12.3. The van der Waals surface area contributed by atoms with Crippen molar-refractivity contribution in [1.29, 1.82) is 0 Å². The molecule has 0 bridgehead atoms. The van der Waals surface area contributed by atoms with Gasteiger partial charge < -0.3 is 14.4 Å². The zero-order valence-electron chi connectivity index (χ0n) is 23.6. The van der Waals surface area contributed by atoms with Crippen molar-refractivity contribution in [3.05, 3.63) is 133 Å². The summed E-state index contributed by atoms with van der Waals surface area (Å²) in [5.41, 5.74) is 6.94. The van der Waals surface area contributed by atoms with E-state index < -0.39 is 6.85 Å². The van der Waals surface area contributed by atoms with E-state index in [1.807, 2.05) is 48.7 Å². The Morgan fingerprint density at radius 3 is 2.41 bits per heavy atom. The van der Waals surface area contributed by atoms with Crippen LogP contribution in [0.25, 0.3) is 60.5 Å². The molecule has 0 saturated heterocycles. The van der Waals surface area contributed by atoms with Crippen LogP contribution in [0, 0.1) is 19.0 Å². The fourth-order valence-corrected chi connectivity index (χ4v) is 4.93. The molecule has 8 rings (SSSR count). The average molecular weight is 682 g/mol. The minimum absolute atomic E-state index is 0. The van der Waals surface area contributed by atoms with Gasteiger partial charge in [0.1, 0.15) is 5.65 Å². The Labute approximate surface area is 243 Å². The van der Waals surface area contributed by atoms with E-state index in [1.54, 1.807) is 18.2 Å². The Balaban J connectivity index is 0.000000162. The molecule has 39 heavy (non-hydrogen) atoms. The number of benzene rings is 4. The van der Waals surface area contributed by atoms with Gasteiger partial charge in [0, 0.05) is 47.5 Å². The molecule has 8 aromatic rings. The Kier molecular flexibility index (Phi) is 5.72. The van der Waals surface area contributed by atoms with Crippen LogP contribution >= 0.6 is 0 Å². The van der Waals surface area contributed by atoms with Crippen molar-refractivity contribution in [3.63, 3.8) is 0 Å². The molecule has 0 atom stereocenters. The first-order chi connectivity index (χ1) is 20.0. The van der Waals surface area contributed by atoms with E-state index in [1.165, 1.54) is 11.6 Å². The largest absolute Gasteiger partial charge is 0.335 e. The third-order valence-corrected chi connectivity index (χ3v) is 6.64. The molecule has 0 N–H and O–H groups in total. The van der Waals surface area contributed by atoms with Crippen molar-refractivity contribution in [2.24, 2.45) is 0 Å². The van der Waals surface area contributed by atoms with E-state index in [2.05, 4.69) is 64.0 Å². The number of pyridine rings is 3. The van der Waals surface area contributed by atoms with Crippen molar-refractivity contribution in [2.75, 3.05) is 0 Å². The van der Waals surface area contributed by atoms with Crippen LogP contribution in [0.2, 0.25) is 0 Å². The van der Waals surface area contributed by atoms with Gasteiger partial charge in [0.25, 0.3) is 0 Å². The second-order valence-corrected chi connectivity index (χ2v) is 8.97. The van der Waals surface area contributed by atoms with Crippen LogP contribution in [0.4, 0.5) is 0 Å². The molecule has 0 aliphatic rings. The fourth-order valence-electron chi connectivity index (χ4n) is 4.93. The van der Waals surface area contributed by atoms with Gasteiger partial charge in [0.2, 0.25) is 0 Å². The van der Waals surface area contributed by atoms with Crippen LogP contribution in [0.15, 0.2) is 116 Å². The van der Waals surface area contributed by atoms with Crippen LogP contribution < -0.4 is 0 Å². The van der Waals surface area contributed by atoms with Gasteiger partial charge in [-0.2, -0.15) is 0 Å². The average Bonchev–Trinajstić information content (AvgIpc) is 3.41. The molecule has 4 heterocycles. The van der Waals surface area contributed by atoms with Crippen LogP contribution in [0.3, 0.4) is 0 Å². The molecule has 0 spiro atoms. The molecule has 4 nitrogen and oxygen atoms in total. The second-order valence-electron chi connectivity index (χ2n) is 8.97. The summed E-state index contributed by atoms with van der Waals surface area (Å²) < 4.78 is 23.9. The third kappa shape index (κ3) is 4.36. The normalized spacial score (nSPS) is 12.5. The molecule has 0 aliphatic carbocycles. The van der Waals surface area contributed by atoms with Crippen LogP contribution in [0.5, 0.6) is 0 Å². The molecule has 4 aromatic carbocycles. The monoisotopic (exact) mass is 682 g/mol. The maximum Gasteiger partial charge on any atom is 0.130 e. The zero-order chi connectivity index (χ0) is 28.0. The van der Waals surface area contributed by atoms with E-state index >= 15 is 0 Å². The van der Waals surface area contributed by atoms with Crippen LogP contribution in [0.1, 0.15) is 9.68 Å².